The molecule has 0 fully saturated rings. The van der Waals surface area contributed by atoms with Crippen molar-refractivity contribution in [1.82, 2.24) is 14.8 Å². The SMILES string of the molecule is CC(C)(C)Cc1c(-c2ccccc2)cnn1-c1[c-]cccc1.Fc1cnc(-c2[c-]cccc2)c(F)c1.[Ir]. The standard InChI is InChI=1S/C20H21N2.C11H6F2N.Ir/c1-20(2,3)14-19-18(16-10-6-4-7-11-16)15-21-22(19)17-12-8-5-9-13-17;12-9-6-10(13)11(14-7-9)8-4-2-1-3-5-8;/h4-12,15H,14H2,1-3H3;1-4,6-7H;/q2*-1;. The molecule has 37 heavy (non-hydrogen) atoms. The van der Waals surface area contributed by atoms with Gasteiger partial charge >= 0.3 is 0 Å². The number of rotatable bonds is 4. The maximum absolute atomic E-state index is 13.2. The summed E-state index contributed by atoms with van der Waals surface area (Å²) < 4.78 is 27.8. The van der Waals surface area contributed by atoms with Crippen LogP contribution >= 0.6 is 0 Å². The van der Waals surface area contributed by atoms with Crippen LogP contribution in [0, 0.1) is 29.2 Å². The molecule has 3 aromatic carbocycles. The van der Waals surface area contributed by atoms with Gasteiger partial charge in [-0.05, 0) is 23.1 Å². The molecule has 0 saturated carbocycles. The average Bonchev–Trinajstić information content (AvgIpc) is 3.28. The number of benzene rings is 3. The molecule has 0 aliphatic rings. The van der Waals surface area contributed by atoms with Crippen LogP contribution in [0.1, 0.15) is 26.5 Å². The first-order valence-electron chi connectivity index (χ1n) is 11.7. The summed E-state index contributed by atoms with van der Waals surface area (Å²) >= 11 is 0. The number of halogens is 2. The van der Waals surface area contributed by atoms with E-state index in [0.717, 1.165) is 24.4 Å². The third-order valence-corrected chi connectivity index (χ3v) is 5.34. The van der Waals surface area contributed by atoms with Crippen molar-refractivity contribution in [2.45, 2.75) is 27.2 Å². The number of pyridine rings is 1. The van der Waals surface area contributed by atoms with Crippen molar-refractivity contribution in [3.05, 3.63) is 127 Å². The number of hydrogen-bond donors (Lipinski definition) is 0. The largest absolute Gasteiger partial charge is 0.299 e. The predicted octanol–water partition coefficient (Wildman–Crippen LogP) is 7.75. The van der Waals surface area contributed by atoms with Crippen molar-refractivity contribution >= 4 is 0 Å². The van der Waals surface area contributed by atoms with E-state index in [4.69, 9.17) is 0 Å². The van der Waals surface area contributed by atoms with Crippen LogP contribution in [-0.2, 0) is 26.5 Å². The van der Waals surface area contributed by atoms with Crippen molar-refractivity contribution in [1.29, 1.82) is 0 Å². The van der Waals surface area contributed by atoms with Gasteiger partial charge in [0.2, 0.25) is 0 Å². The summed E-state index contributed by atoms with van der Waals surface area (Å²) in [4.78, 5) is 3.67. The zero-order valence-corrected chi connectivity index (χ0v) is 23.3. The molecule has 0 aliphatic carbocycles. The van der Waals surface area contributed by atoms with Gasteiger partial charge in [0, 0.05) is 37.4 Å². The molecule has 3 nitrogen and oxygen atoms in total. The smallest absolute Gasteiger partial charge is 0.142 e. The van der Waals surface area contributed by atoms with Gasteiger partial charge in [-0.15, -0.1) is 42.0 Å². The van der Waals surface area contributed by atoms with Gasteiger partial charge < -0.3 is 0 Å². The molecule has 0 spiro atoms. The third kappa shape index (κ3) is 7.51. The summed E-state index contributed by atoms with van der Waals surface area (Å²) in [5, 5.41) is 4.63. The molecule has 0 amide bonds. The summed E-state index contributed by atoms with van der Waals surface area (Å²) in [5.74, 6) is -1.35. The molecule has 0 bridgehead atoms. The molecule has 0 N–H and O–H groups in total. The maximum Gasteiger partial charge on any atom is 0.142 e. The molecular formula is C31H27F2IrN3-2. The minimum atomic E-state index is -0.679. The van der Waals surface area contributed by atoms with Gasteiger partial charge in [0.05, 0.1) is 18.1 Å². The zero-order valence-electron chi connectivity index (χ0n) is 20.9. The first-order valence-corrected chi connectivity index (χ1v) is 11.7. The van der Waals surface area contributed by atoms with Crippen LogP contribution in [0.3, 0.4) is 0 Å². The molecule has 5 rings (SSSR count). The normalized spacial score (nSPS) is 10.7. The fourth-order valence-electron chi connectivity index (χ4n) is 3.78. The Kier molecular flexibility index (Phi) is 9.62. The van der Waals surface area contributed by atoms with Gasteiger partial charge in [-0.1, -0.05) is 51.1 Å². The quantitative estimate of drug-likeness (QED) is 0.183. The number of aromatic nitrogens is 3. The van der Waals surface area contributed by atoms with Gasteiger partial charge in [-0.3, -0.25) is 9.67 Å². The van der Waals surface area contributed by atoms with Gasteiger partial charge in [0.25, 0.3) is 0 Å². The molecule has 6 heteroatoms. The Labute approximate surface area is 230 Å². The van der Waals surface area contributed by atoms with Crippen LogP contribution in [0.15, 0.2) is 97.3 Å². The molecule has 0 unspecified atom stereocenters. The second-order valence-corrected chi connectivity index (χ2v) is 9.53. The second kappa shape index (κ2) is 12.7. The fourth-order valence-corrected chi connectivity index (χ4v) is 3.78. The van der Waals surface area contributed by atoms with E-state index in [2.05, 4.69) is 67.3 Å². The van der Waals surface area contributed by atoms with Crippen molar-refractivity contribution in [2.75, 3.05) is 0 Å². The Balaban J connectivity index is 0.000000220. The van der Waals surface area contributed by atoms with Gasteiger partial charge in [-0.25, -0.2) is 8.78 Å². The first-order chi connectivity index (χ1) is 17.3. The summed E-state index contributed by atoms with van der Waals surface area (Å²) in [6.07, 6.45) is 3.91. The Morgan fingerprint density at radius 1 is 0.838 bits per heavy atom. The van der Waals surface area contributed by atoms with Crippen LogP contribution < -0.4 is 0 Å². The van der Waals surface area contributed by atoms with Crippen LogP contribution in [0.5, 0.6) is 0 Å². The number of nitrogens with zero attached hydrogens (tertiary/aromatic N) is 3. The van der Waals surface area contributed by atoms with Crippen LogP contribution in [0.4, 0.5) is 8.78 Å². The van der Waals surface area contributed by atoms with Crippen molar-refractivity contribution < 1.29 is 28.9 Å². The zero-order chi connectivity index (χ0) is 25.5. The topological polar surface area (TPSA) is 30.7 Å². The molecule has 1 radical (unpaired) electrons. The van der Waals surface area contributed by atoms with Crippen molar-refractivity contribution in [3.8, 4) is 28.1 Å². The Bertz CT molecular complexity index is 1340. The van der Waals surface area contributed by atoms with Crippen LogP contribution in [0.25, 0.3) is 28.1 Å². The summed E-state index contributed by atoms with van der Waals surface area (Å²) in [6.45, 7) is 6.77. The maximum atomic E-state index is 13.2. The second-order valence-electron chi connectivity index (χ2n) is 9.53. The average molecular weight is 672 g/mol. The fraction of sp³-hybridized carbons (Fsp3) is 0.161. The van der Waals surface area contributed by atoms with Gasteiger partial charge in [-0.2, -0.15) is 29.4 Å². The van der Waals surface area contributed by atoms with E-state index in [1.807, 2.05) is 41.2 Å². The molecule has 2 aromatic heterocycles. The molecule has 0 aliphatic heterocycles. The van der Waals surface area contributed by atoms with E-state index in [1.54, 1.807) is 24.3 Å². The van der Waals surface area contributed by atoms with E-state index in [9.17, 15) is 8.78 Å². The van der Waals surface area contributed by atoms with Crippen molar-refractivity contribution in [3.63, 3.8) is 0 Å². The number of para-hydroxylation sites is 1. The van der Waals surface area contributed by atoms with Gasteiger partial charge in [0.15, 0.2) is 0 Å². The van der Waals surface area contributed by atoms with Crippen LogP contribution in [0.2, 0.25) is 0 Å². The first kappa shape index (κ1) is 28.1. The minimum absolute atomic E-state index is 0. The summed E-state index contributed by atoms with van der Waals surface area (Å²) in [6, 6.07) is 32.2. The van der Waals surface area contributed by atoms with E-state index >= 15 is 0 Å². The Morgan fingerprint density at radius 3 is 2.11 bits per heavy atom. The molecule has 5 aromatic rings. The van der Waals surface area contributed by atoms with Gasteiger partial charge in [0.1, 0.15) is 11.6 Å². The molecule has 191 valence electrons. The van der Waals surface area contributed by atoms with Crippen molar-refractivity contribution in [2.24, 2.45) is 5.41 Å². The molecular weight excluding hydrogens is 645 g/mol. The Hall–Kier alpha value is -3.47. The van der Waals surface area contributed by atoms with Crippen LogP contribution in [-0.4, -0.2) is 14.8 Å². The van der Waals surface area contributed by atoms with E-state index in [1.165, 1.54) is 16.8 Å². The molecule has 0 atom stereocenters. The molecule has 0 saturated heterocycles. The van der Waals surface area contributed by atoms with E-state index < -0.39 is 11.6 Å². The Morgan fingerprint density at radius 2 is 1.51 bits per heavy atom. The minimum Gasteiger partial charge on any atom is -0.299 e. The monoisotopic (exact) mass is 672 g/mol. The third-order valence-electron chi connectivity index (χ3n) is 5.34. The van der Waals surface area contributed by atoms with E-state index in [0.29, 0.717) is 5.56 Å². The summed E-state index contributed by atoms with van der Waals surface area (Å²) in [5.41, 5.74) is 5.47. The van der Waals surface area contributed by atoms with E-state index in [-0.39, 0.29) is 31.2 Å². The predicted molar refractivity (Wildman–Crippen MR) is 139 cm³/mol. The molecule has 2 heterocycles. The summed E-state index contributed by atoms with van der Waals surface area (Å²) in [7, 11) is 0. The number of hydrogen-bond acceptors (Lipinski definition) is 2.